The molecule has 6 heteroatoms. The highest BCUT2D eigenvalue weighted by atomic mass is 35.5. The maximum atomic E-state index is 14.0. The van der Waals surface area contributed by atoms with Crippen molar-refractivity contribution < 1.29 is 19.0 Å². The van der Waals surface area contributed by atoms with Crippen LogP contribution in [0.5, 0.6) is 11.5 Å². The van der Waals surface area contributed by atoms with Gasteiger partial charge in [0, 0.05) is 23.2 Å². The van der Waals surface area contributed by atoms with E-state index in [1.54, 1.807) is 25.3 Å². The van der Waals surface area contributed by atoms with Crippen LogP contribution in [-0.2, 0) is 13.2 Å². The predicted octanol–water partition coefficient (Wildman–Crippen LogP) is 3.93. The van der Waals surface area contributed by atoms with Crippen LogP contribution in [-0.4, -0.2) is 24.4 Å². The Hall–Kier alpha value is -1.82. The minimum absolute atomic E-state index is 0.00199. The highest BCUT2D eigenvalue weighted by Crippen LogP contribution is 2.33. The molecular weight excluding hydrogens is 345 g/mol. The number of hydrogen-bond acceptors (Lipinski definition) is 4. The summed E-state index contributed by atoms with van der Waals surface area (Å²) in [5, 5.41) is 12.9. The lowest BCUT2D eigenvalue weighted by Crippen LogP contribution is -2.42. The number of methoxy groups -OCH3 is 1. The second-order valence-corrected chi connectivity index (χ2v) is 6.74. The molecule has 4 nitrogen and oxygen atoms in total. The number of rotatable bonds is 8. The third-order valence-electron chi connectivity index (χ3n) is 3.86. The van der Waals surface area contributed by atoms with E-state index in [1.807, 2.05) is 26.0 Å². The first-order chi connectivity index (χ1) is 11.9. The number of nitrogens with one attached hydrogen (secondary N) is 1. The highest BCUT2D eigenvalue weighted by Gasteiger charge is 2.18. The van der Waals surface area contributed by atoms with E-state index < -0.39 is 11.4 Å². The van der Waals surface area contributed by atoms with Gasteiger partial charge in [-0.15, -0.1) is 0 Å². The fourth-order valence-corrected chi connectivity index (χ4v) is 2.45. The number of halogens is 2. The normalized spacial score (nSPS) is 11.4. The molecule has 0 amide bonds. The molecule has 0 unspecified atom stereocenters. The van der Waals surface area contributed by atoms with Gasteiger partial charge in [0.1, 0.15) is 12.4 Å². The van der Waals surface area contributed by atoms with Gasteiger partial charge in [0.15, 0.2) is 11.5 Å². The van der Waals surface area contributed by atoms with Crippen LogP contribution in [0.25, 0.3) is 0 Å². The van der Waals surface area contributed by atoms with Crippen molar-refractivity contribution in [1.82, 2.24) is 5.32 Å². The zero-order valence-corrected chi connectivity index (χ0v) is 15.4. The van der Waals surface area contributed by atoms with Gasteiger partial charge >= 0.3 is 0 Å². The van der Waals surface area contributed by atoms with Gasteiger partial charge in [0.05, 0.1) is 18.7 Å². The Kier molecular flexibility index (Phi) is 6.64. The zero-order valence-electron chi connectivity index (χ0n) is 14.6. The summed E-state index contributed by atoms with van der Waals surface area (Å²) in [6, 6.07) is 10.0. The van der Waals surface area contributed by atoms with Gasteiger partial charge in [-0.1, -0.05) is 29.8 Å². The molecular formula is C19H23ClFNO3. The molecule has 2 N–H and O–H groups in total. The van der Waals surface area contributed by atoms with Gasteiger partial charge in [0.2, 0.25) is 0 Å². The zero-order chi connectivity index (χ0) is 18.4. The minimum Gasteiger partial charge on any atom is -0.493 e. The SMILES string of the molecule is COc1cccc(CNC(C)(C)CO)c1OCc1c(F)cccc1Cl. The minimum atomic E-state index is -0.435. The van der Waals surface area contributed by atoms with Crippen LogP contribution in [0, 0.1) is 5.82 Å². The first kappa shape index (κ1) is 19.5. The maximum Gasteiger partial charge on any atom is 0.166 e. The van der Waals surface area contributed by atoms with E-state index in [0.29, 0.717) is 28.6 Å². The van der Waals surface area contributed by atoms with Crippen molar-refractivity contribution in [3.8, 4) is 11.5 Å². The summed E-state index contributed by atoms with van der Waals surface area (Å²) in [4.78, 5) is 0. The summed E-state index contributed by atoms with van der Waals surface area (Å²) in [5.41, 5.74) is 0.702. The van der Waals surface area contributed by atoms with E-state index in [9.17, 15) is 9.50 Å². The average Bonchev–Trinajstić information content (AvgIpc) is 2.60. The van der Waals surface area contributed by atoms with Crippen LogP contribution in [0.15, 0.2) is 36.4 Å². The van der Waals surface area contributed by atoms with Crippen molar-refractivity contribution in [2.45, 2.75) is 32.5 Å². The van der Waals surface area contributed by atoms with Gasteiger partial charge in [-0.3, -0.25) is 0 Å². The van der Waals surface area contributed by atoms with Gasteiger partial charge in [-0.05, 0) is 32.0 Å². The first-order valence-corrected chi connectivity index (χ1v) is 8.33. The number of ether oxygens (including phenoxy) is 2. The Balaban J connectivity index is 2.23. The van der Waals surface area contributed by atoms with Crippen molar-refractivity contribution in [1.29, 1.82) is 0 Å². The van der Waals surface area contributed by atoms with Crippen LogP contribution in [0.1, 0.15) is 25.0 Å². The quantitative estimate of drug-likeness (QED) is 0.742. The lowest BCUT2D eigenvalue weighted by atomic mass is 10.1. The number of aliphatic hydroxyl groups is 1. The Morgan fingerprint density at radius 3 is 2.56 bits per heavy atom. The van der Waals surface area contributed by atoms with Crippen LogP contribution in [0.4, 0.5) is 4.39 Å². The Morgan fingerprint density at radius 2 is 1.92 bits per heavy atom. The van der Waals surface area contributed by atoms with Crippen LogP contribution >= 0.6 is 11.6 Å². The molecule has 0 radical (unpaired) electrons. The summed E-state index contributed by atoms with van der Waals surface area (Å²) in [6.45, 7) is 4.24. The second-order valence-electron chi connectivity index (χ2n) is 6.33. The number of benzene rings is 2. The number of para-hydroxylation sites is 1. The fraction of sp³-hybridized carbons (Fsp3) is 0.368. The lowest BCUT2D eigenvalue weighted by molar-refractivity contribution is 0.186. The van der Waals surface area contributed by atoms with Gasteiger partial charge < -0.3 is 19.9 Å². The van der Waals surface area contributed by atoms with Crippen LogP contribution in [0.3, 0.4) is 0 Å². The second kappa shape index (κ2) is 8.52. The number of hydrogen-bond donors (Lipinski definition) is 2. The molecule has 0 aliphatic rings. The molecule has 0 heterocycles. The molecule has 0 aliphatic carbocycles. The molecule has 0 saturated heterocycles. The Bertz CT molecular complexity index is 702. The lowest BCUT2D eigenvalue weighted by Gasteiger charge is -2.24. The summed E-state index contributed by atoms with van der Waals surface area (Å²) < 4.78 is 25.2. The smallest absolute Gasteiger partial charge is 0.166 e. The van der Waals surface area contributed by atoms with E-state index in [4.69, 9.17) is 21.1 Å². The van der Waals surface area contributed by atoms with E-state index in [1.165, 1.54) is 6.07 Å². The van der Waals surface area contributed by atoms with E-state index in [2.05, 4.69) is 5.32 Å². The molecule has 136 valence electrons. The largest absolute Gasteiger partial charge is 0.493 e. The van der Waals surface area contributed by atoms with Gasteiger partial charge in [0.25, 0.3) is 0 Å². The molecule has 0 aromatic heterocycles. The standard InChI is InChI=1S/C19H23ClFNO3/c1-19(2,12-23)22-10-13-6-4-9-17(24-3)18(13)25-11-14-15(20)7-5-8-16(14)21/h4-9,22-23H,10-12H2,1-3H3. The Labute approximate surface area is 152 Å². The molecule has 0 saturated carbocycles. The summed E-state index contributed by atoms with van der Waals surface area (Å²) in [5.74, 6) is 0.655. The monoisotopic (exact) mass is 367 g/mol. The first-order valence-electron chi connectivity index (χ1n) is 7.95. The summed E-state index contributed by atoms with van der Waals surface area (Å²) in [7, 11) is 1.55. The van der Waals surface area contributed by atoms with Crippen LogP contribution < -0.4 is 14.8 Å². The Morgan fingerprint density at radius 1 is 1.20 bits per heavy atom. The molecule has 25 heavy (non-hydrogen) atoms. The fourth-order valence-electron chi connectivity index (χ4n) is 2.23. The topological polar surface area (TPSA) is 50.7 Å². The molecule has 2 aromatic carbocycles. The number of aliphatic hydroxyl groups excluding tert-OH is 1. The van der Waals surface area contributed by atoms with Crippen molar-refractivity contribution in [3.05, 3.63) is 58.4 Å². The van der Waals surface area contributed by atoms with E-state index in [-0.39, 0.29) is 13.2 Å². The van der Waals surface area contributed by atoms with Gasteiger partial charge in [-0.2, -0.15) is 0 Å². The third-order valence-corrected chi connectivity index (χ3v) is 4.21. The predicted molar refractivity (Wildman–Crippen MR) is 96.7 cm³/mol. The molecule has 2 aromatic rings. The molecule has 0 spiro atoms. The summed E-state index contributed by atoms with van der Waals surface area (Å²) in [6.07, 6.45) is 0. The molecule has 2 rings (SSSR count). The van der Waals surface area contributed by atoms with Crippen molar-refractivity contribution in [3.63, 3.8) is 0 Å². The highest BCUT2D eigenvalue weighted by molar-refractivity contribution is 6.31. The third kappa shape index (κ3) is 5.08. The molecule has 0 aliphatic heterocycles. The van der Waals surface area contributed by atoms with Crippen molar-refractivity contribution in [2.75, 3.05) is 13.7 Å². The molecule has 0 fully saturated rings. The molecule has 0 bridgehead atoms. The van der Waals surface area contributed by atoms with E-state index >= 15 is 0 Å². The summed E-state index contributed by atoms with van der Waals surface area (Å²) >= 11 is 6.06. The van der Waals surface area contributed by atoms with E-state index in [0.717, 1.165) is 5.56 Å². The van der Waals surface area contributed by atoms with Gasteiger partial charge in [-0.25, -0.2) is 4.39 Å². The average molecular weight is 368 g/mol. The van der Waals surface area contributed by atoms with Crippen molar-refractivity contribution >= 4 is 11.6 Å². The maximum absolute atomic E-state index is 14.0. The molecule has 0 atom stereocenters. The van der Waals surface area contributed by atoms with Crippen molar-refractivity contribution in [2.24, 2.45) is 0 Å². The van der Waals surface area contributed by atoms with Crippen LogP contribution in [0.2, 0.25) is 5.02 Å².